The van der Waals surface area contributed by atoms with E-state index in [4.69, 9.17) is 58.0 Å². The molecule has 2 rings (SSSR count). The molecule has 0 radical (unpaired) electrons. The van der Waals surface area contributed by atoms with Crippen LogP contribution >= 0.6 is 58.0 Å². The predicted octanol–water partition coefficient (Wildman–Crippen LogP) is 3.73. The van der Waals surface area contributed by atoms with E-state index < -0.39 is 14.2 Å². The number of nitrogens with zero attached hydrogens (tertiary/aromatic N) is 6. The molecule has 12 heteroatoms. The van der Waals surface area contributed by atoms with Gasteiger partial charge < -0.3 is 0 Å². The lowest BCUT2D eigenvalue weighted by atomic mass is 10.1. The molecule has 0 atom stereocenters. The van der Waals surface area contributed by atoms with Gasteiger partial charge in [0.2, 0.25) is 8.13 Å². The van der Waals surface area contributed by atoms with Crippen molar-refractivity contribution in [2.24, 2.45) is 0 Å². The summed E-state index contributed by atoms with van der Waals surface area (Å²) in [5, 5.41) is 14.9. The summed E-state index contributed by atoms with van der Waals surface area (Å²) in [5.41, 5.74) is 0.367. The molecule has 0 saturated carbocycles. The molecular formula is C11H11Cl5N6O. The Morgan fingerprint density at radius 1 is 1.22 bits per heavy atom. The van der Waals surface area contributed by atoms with Crippen LogP contribution < -0.4 is 0 Å². The molecule has 0 spiro atoms. The molecule has 0 amide bonds. The van der Waals surface area contributed by atoms with E-state index in [-0.39, 0.29) is 5.69 Å². The number of hydrogen-bond donors (Lipinski definition) is 0. The normalized spacial score (nSPS) is 12.6. The smallest absolute Gasteiger partial charge is 0.243 e. The molecule has 0 aliphatic heterocycles. The highest BCUT2D eigenvalue weighted by atomic mass is 35.6. The summed E-state index contributed by atoms with van der Waals surface area (Å²) < 4.78 is -2.36. The fourth-order valence-electron chi connectivity index (χ4n) is 1.82. The third kappa shape index (κ3) is 3.74. The maximum Gasteiger partial charge on any atom is 0.372 e. The molecule has 0 saturated heterocycles. The van der Waals surface area contributed by atoms with Crippen LogP contribution in [0, 0.1) is 0 Å². The van der Waals surface area contributed by atoms with Crippen molar-refractivity contribution in [1.82, 2.24) is 30.0 Å². The van der Waals surface area contributed by atoms with E-state index in [0.717, 1.165) is 22.2 Å². The van der Waals surface area contributed by atoms with Gasteiger partial charge in [-0.15, -0.1) is 10.2 Å². The number of carbonyl (C=O) groups is 1. The largest absolute Gasteiger partial charge is 0.372 e. The first kappa shape index (κ1) is 18.7. The van der Waals surface area contributed by atoms with Crippen LogP contribution in [0.1, 0.15) is 31.2 Å². The molecule has 0 N–H and O–H groups in total. The Balaban J connectivity index is 2.56. The van der Waals surface area contributed by atoms with Crippen molar-refractivity contribution in [2.45, 2.75) is 34.3 Å². The third-order valence-corrected chi connectivity index (χ3v) is 5.32. The van der Waals surface area contributed by atoms with Crippen molar-refractivity contribution in [1.29, 1.82) is 0 Å². The van der Waals surface area contributed by atoms with E-state index in [2.05, 4.69) is 20.6 Å². The van der Waals surface area contributed by atoms with Crippen LogP contribution in [0.3, 0.4) is 0 Å². The average molecular weight is 421 g/mol. The summed E-state index contributed by atoms with van der Waals surface area (Å²) in [4.78, 5) is 12.5. The monoisotopic (exact) mass is 418 g/mol. The number of aryl methyl sites for hydroxylation is 1. The summed E-state index contributed by atoms with van der Waals surface area (Å²) in [6, 6.07) is -0.701. The second kappa shape index (κ2) is 7.11. The Kier molecular flexibility index (Phi) is 5.79. The van der Waals surface area contributed by atoms with Gasteiger partial charge in [-0.05, 0) is 12.8 Å². The van der Waals surface area contributed by atoms with Gasteiger partial charge in [0.25, 0.3) is 0 Å². The second-order valence-corrected chi connectivity index (χ2v) is 8.21. The number of alkyl halides is 5. The molecule has 0 aromatic carbocycles. The van der Waals surface area contributed by atoms with Crippen LogP contribution in [0.5, 0.6) is 0 Å². The molecule has 0 aliphatic carbocycles. The van der Waals surface area contributed by atoms with Crippen molar-refractivity contribution in [3.8, 4) is 0 Å². The molecule has 0 bridgehead atoms. The van der Waals surface area contributed by atoms with Crippen LogP contribution in [0.2, 0.25) is 0 Å². The lowest BCUT2D eigenvalue weighted by molar-refractivity contribution is 0.236. The Morgan fingerprint density at radius 2 is 1.91 bits per heavy atom. The zero-order valence-corrected chi connectivity index (χ0v) is 15.5. The van der Waals surface area contributed by atoms with Gasteiger partial charge in [0.15, 0.2) is 0 Å². The van der Waals surface area contributed by atoms with E-state index in [1.807, 2.05) is 6.92 Å². The maximum atomic E-state index is 12.5. The first-order valence-corrected chi connectivity index (χ1v) is 8.39. The van der Waals surface area contributed by atoms with Crippen LogP contribution in [0.25, 0.3) is 0 Å². The minimum absolute atomic E-state index is 0.00483. The molecular weight excluding hydrogens is 409 g/mol. The van der Waals surface area contributed by atoms with Crippen LogP contribution in [0.4, 0.5) is 4.79 Å². The third-order valence-electron chi connectivity index (χ3n) is 2.96. The highest BCUT2D eigenvalue weighted by molar-refractivity contribution is 6.75. The second-order valence-electron chi connectivity index (χ2n) is 4.60. The Hall–Kier alpha value is -0.600. The molecule has 7 nitrogen and oxygen atoms in total. The van der Waals surface area contributed by atoms with Crippen LogP contribution in [0.15, 0.2) is 12.4 Å². The number of halogens is 5. The minimum atomic E-state index is -2.11. The first-order valence-electron chi connectivity index (χ1n) is 6.50. The van der Waals surface area contributed by atoms with Crippen molar-refractivity contribution >= 4 is 64.0 Å². The van der Waals surface area contributed by atoms with E-state index >= 15 is 0 Å². The topological polar surface area (TPSA) is 78.5 Å². The fraction of sp³-hybridized carbons (Fsp3) is 0.545. The molecule has 126 valence electrons. The summed E-state index contributed by atoms with van der Waals surface area (Å²) in [6.45, 7) is 1.99. The van der Waals surface area contributed by atoms with Gasteiger partial charge in [-0.1, -0.05) is 81.8 Å². The minimum Gasteiger partial charge on any atom is -0.243 e. The van der Waals surface area contributed by atoms with E-state index in [1.165, 1.54) is 12.4 Å². The quantitative estimate of drug-likeness (QED) is 0.705. The average Bonchev–Trinajstić information content (AvgIpc) is 3.12. The molecule has 0 fully saturated rings. The standard InChI is InChI=1S/C11H11Cl5N6O/c1-2-3-4-7-8(10(12,13)11(14,15)16)22(20-18-7)9(23)21-6-5-17-19-21/h5-6H,2-4H2,1H3. The van der Waals surface area contributed by atoms with Gasteiger partial charge >= 0.3 is 6.03 Å². The summed E-state index contributed by atoms with van der Waals surface area (Å²) in [5.74, 6) is 0. The Morgan fingerprint density at radius 3 is 2.43 bits per heavy atom. The van der Waals surface area contributed by atoms with Crippen molar-refractivity contribution in [2.75, 3.05) is 0 Å². The molecule has 2 aromatic rings. The van der Waals surface area contributed by atoms with Gasteiger partial charge in [0, 0.05) is 0 Å². The number of rotatable bonds is 4. The van der Waals surface area contributed by atoms with Crippen LogP contribution in [-0.2, 0) is 10.8 Å². The zero-order valence-electron chi connectivity index (χ0n) is 11.8. The van der Waals surface area contributed by atoms with Gasteiger partial charge in [0.05, 0.1) is 18.1 Å². The summed E-state index contributed by atoms with van der Waals surface area (Å²) in [7, 11) is 0. The number of aromatic nitrogens is 6. The first-order chi connectivity index (χ1) is 10.7. The van der Waals surface area contributed by atoms with Crippen molar-refractivity contribution < 1.29 is 4.79 Å². The number of unbranched alkanes of at least 4 members (excludes halogenated alkanes) is 1. The van der Waals surface area contributed by atoms with Crippen molar-refractivity contribution in [3.63, 3.8) is 0 Å². The number of hydrogen-bond acceptors (Lipinski definition) is 5. The van der Waals surface area contributed by atoms with E-state index in [9.17, 15) is 4.79 Å². The zero-order chi connectivity index (χ0) is 17.3. The fourth-order valence-corrected chi connectivity index (χ4v) is 2.46. The molecule has 0 aliphatic rings. The Bertz CT molecular complexity index is 678. The van der Waals surface area contributed by atoms with E-state index in [1.54, 1.807) is 0 Å². The highest BCUT2D eigenvalue weighted by Crippen LogP contribution is 2.53. The van der Waals surface area contributed by atoms with E-state index in [0.29, 0.717) is 12.1 Å². The maximum absolute atomic E-state index is 12.5. The van der Waals surface area contributed by atoms with Gasteiger partial charge in [0.1, 0.15) is 5.69 Å². The number of carbonyl (C=O) groups excluding carboxylic acids is 1. The summed E-state index contributed by atoms with van der Waals surface area (Å²) >= 11 is 30.1. The van der Waals surface area contributed by atoms with Crippen molar-refractivity contribution in [3.05, 3.63) is 23.8 Å². The molecule has 23 heavy (non-hydrogen) atoms. The Labute approximate surface area is 156 Å². The summed E-state index contributed by atoms with van der Waals surface area (Å²) in [6.07, 6.45) is 4.79. The van der Waals surface area contributed by atoms with Crippen LogP contribution in [-0.4, -0.2) is 39.8 Å². The lowest BCUT2D eigenvalue weighted by Crippen LogP contribution is -2.35. The van der Waals surface area contributed by atoms with Gasteiger partial charge in [-0.25, -0.2) is 4.79 Å². The molecule has 2 aromatic heterocycles. The molecule has 0 unspecified atom stereocenters. The van der Waals surface area contributed by atoms with Gasteiger partial charge in [-0.3, -0.25) is 0 Å². The highest BCUT2D eigenvalue weighted by Gasteiger charge is 2.52. The SMILES string of the molecule is CCCCc1nnn(C(=O)n2ccnn2)c1C(Cl)(Cl)C(Cl)(Cl)Cl. The predicted molar refractivity (Wildman–Crippen MR) is 88.5 cm³/mol. The van der Waals surface area contributed by atoms with Gasteiger partial charge in [-0.2, -0.15) is 9.36 Å². The molecule has 2 heterocycles. The lowest BCUT2D eigenvalue weighted by Gasteiger charge is -2.27.